The first kappa shape index (κ1) is 15.0. The molecule has 0 aliphatic heterocycles. The molecule has 0 aromatic heterocycles. The van der Waals surface area contributed by atoms with Gasteiger partial charge in [0.2, 0.25) is 0 Å². The second kappa shape index (κ2) is 8.15. The fourth-order valence-corrected chi connectivity index (χ4v) is 2.13. The van der Waals surface area contributed by atoms with Crippen molar-refractivity contribution in [1.29, 1.82) is 0 Å². The highest BCUT2D eigenvalue weighted by Gasteiger charge is 2.13. The highest BCUT2D eigenvalue weighted by atomic mass is 35.5. The summed E-state index contributed by atoms with van der Waals surface area (Å²) in [5.41, 5.74) is 1.59. The Hall–Kier alpha value is -1.02. The number of halogens is 1. The van der Waals surface area contributed by atoms with Gasteiger partial charge in [-0.15, -0.1) is 0 Å². The number of carbonyl (C=O) groups excluding carboxylic acids is 1. The minimum absolute atomic E-state index is 0.372. The molecule has 2 nitrogen and oxygen atoms in total. The van der Waals surface area contributed by atoms with Crippen molar-refractivity contribution in [3.63, 3.8) is 0 Å². The van der Waals surface area contributed by atoms with Crippen LogP contribution >= 0.6 is 11.6 Å². The molecular weight excluding hydrogens is 246 g/mol. The number of anilines is 1. The molecule has 1 aromatic rings. The van der Waals surface area contributed by atoms with Crippen LogP contribution in [0.3, 0.4) is 0 Å². The molecule has 18 heavy (non-hydrogen) atoms. The lowest BCUT2D eigenvalue weighted by Gasteiger charge is -2.26. The van der Waals surface area contributed by atoms with Crippen molar-refractivity contribution in [1.82, 2.24) is 0 Å². The van der Waals surface area contributed by atoms with Crippen molar-refractivity contribution < 1.29 is 4.79 Å². The number of nitrogens with zero attached hydrogens (tertiary/aromatic N) is 1. The highest BCUT2D eigenvalue weighted by molar-refractivity contribution is 6.68. The molecule has 0 radical (unpaired) electrons. The van der Waals surface area contributed by atoms with Gasteiger partial charge in [0.25, 0.3) is 5.24 Å². The third-order valence-electron chi connectivity index (χ3n) is 3.02. The third kappa shape index (κ3) is 4.34. The Morgan fingerprint density at radius 3 is 2.17 bits per heavy atom. The van der Waals surface area contributed by atoms with Gasteiger partial charge in [-0.25, -0.2) is 0 Å². The lowest BCUT2D eigenvalue weighted by Crippen LogP contribution is -2.27. The number of benzene rings is 1. The maximum absolute atomic E-state index is 11.5. The molecular formula is C15H22ClNO. The van der Waals surface area contributed by atoms with Gasteiger partial charge in [-0.2, -0.15) is 0 Å². The molecule has 100 valence electrons. The Bertz CT molecular complexity index is 371. The Kier molecular flexibility index (Phi) is 6.81. The van der Waals surface area contributed by atoms with Gasteiger partial charge in [0.1, 0.15) is 0 Å². The van der Waals surface area contributed by atoms with E-state index in [0.29, 0.717) is 5.56 Å². The summed E-state index contributed by atoms with van der Waals surface area (Å²) in [6.07, 6.45) is 4.57. The van der Waals surface area contributed by atoms with E-state index in [2.05, 4.69) is 18.7 Å². The van der Waals surface area contributed by atoms with Crippen LogP contribution in [-0.4, -0.2) is 18.3 Å². The van der Waals surface area contributed by atoms with Crippen LogP contribution in [0.2, 0.25) is 0 Å². The number of carbonyl (C=O) groups is 1. The number of para-hydroxylation sites is 1. The van der Waals surface area contributed by atoms with E-state index in [9.17, 15) is 4.79 Å². The lowest BCUT2D eigenvalue weighted by molar-refractivity contribution is 0.108. The van der Waals surface area contributed by atoms with Gasteiger partial charge in [-0.1, -0.05) is 38.8 Å². The second-order valence-electron chi connectivity index (χ2n) is 4.49. The average Bonchev–Trinajstić information content (AvgIpc) is 2.39. The van der Waals surface area contributed by atoms with Crippen molar-refractivity contribution in [2.45, 2.75) is 39.5 Å². The van der Waals surface area contributed by atoms with E-state index < -0.39 is 0 Å². The summed E-state index contributed by atoms with van der Waals surface area (Å²) < 4.78 is 0. The van der Waals surface area contributed by atoms with E-state index in [1.165, 1.54) is 0 Å². The summed E-state index contributed by atoms with van der Waals surface area (Å²) in [4.78, 5) is 13.7. The molecule has 1 aromatic carbocycles. The molecule has 0 amide bonds. The zero-order chi connectivity index (χ0) is 13.4. The average molecular weight is 268 g/mol. The van der Waals surface area contributed by atoms with E-state index in [1.54, 1.807) is 6.07 Å². The first-order chi connectivity index (χ1) is 8.70. The quantitative estimate of drug-likeness (QED) is 0.648. The first-order valence-corrected chi connectivity index (χ1v) is 7.12. The van der Waals surface area contributed by atoms with Crippen LogP contribution in [0.4, 0.5) is 5.69 Å². The molecule has 0 aliphatic carbocycles. The van der Waals surface area contributed by atoms with Gasteiger partial charge in [0.05, 0.1) is 5.56 Å². The summed E-state index contributed by atoms with van der Waals surface area (Å²) in [5, 5.41) is -0.372. The Labute approximate surface area is 115 Å². The topological polar surface area (TPSA) is 20.3 Å². The Morgan fingerprint density at radius 1 is 1.11 bits per heavy atom. The highest BCUT2D eigenvalue weighted by Crippen LogP contribution is 2.23. The largest absolute Gasteiger partial charge is 0.371 e. The molecule has 1 rings (SSSR count). The molecule has 0 bridgehead atoms. The van der Waals surface area contributed by atoms with E-state index in [4.69, 9.17) is 11.6 Å². The molecule has 0 aliphatic rings. The van der Waals surface area contributed by atoms with Gasteiger partial charge in [0.15, 0.2) is 0 Å². The predicted octanol–water partition coefficient (Wildman–Crippen LogP) is 4.47. The van der Waals surface area contributed by atoms with Gasteiger partial charge in [-0.3, -0.25) is 4.79 Å². The zero-order valence-corrected chi connectivity index (χ0v) is 12.0. The lowest BCUT2D eigenvalue weighted by atomic mass is 10.1. The molecule has 0 saturated heterocycles. The van der Waals surface area contributed by atoms with Crippen molar-refractivity contribution >= 4 is 22.5 Å². The maximum Gasteiger partial charge on any atom is 0.254 e. The summed E-state index contributed by atoms with van der Waals surface area (Å²) in [6.45, 7) is 6.32. The molecule has 0 heterocycles. The fourth-order valence-electron chi connectivity index (χ4n) is 1.97. The van der Waals surface area contributed by atoms with E-state index in [1.807, 2.05) is 18.2 Å². The normalized spacial score (nSPS) is 10.4. The standard InChI is InChI=1S/C15H22ClNO/c1-3-5-11-17(12-6-4-2)14-10-8-7-9-13(14)15(16)18/h7-10H,3-6,11-12H2,1-2H3. The van der Waals surface area contributed by atoms with Gasteiger partial charge in [-0.05, 0) is 36.6 Å². The van der Waals surface area contributed by atoms with Crippen LogP contribution in [0.5, 0.6) is 0 Å². The summed E-state index contributed by atoms with van der Waals surface area (Å²) in [6, 6.07) is 7.61. The van der Waals surface area contributed by atoms with Crippen LogP contribution in [0.1, 0.15) is 49.9 Å². The predicted molar refractivity (Wildman–Crippen MR) is 78.7 cm³/mol. The van der Waals surface area contributed by atoms with Crippen LogP contribution < -0.4 is 4.90 Å². The van der Waals surface area contributed by atoms with Crippen LogP contribution in [0, 0.1) is 0 Å². The summed E-state index contributed by atoms with van der Waals surface area (Å²) in [5.74, 6) is 0. The van der Waals surface area contributed by atoms with Crippen molar-refractivity contribution in [2.24, 2.45) is 0 Å². The second-order valence-corrected chi connectivity index (χ2v) is 4.83. The smallest absolute Gasteiger partial charge is 0.254 e. The minimum atomic E-state index is -0.372. The van der Waals surface area contributed by atoms with Crippen molar-refractivity contribution in [3.05, 3.63) is 29.8 Å². The Morgan fingerprint density at radius 2 is 1.67 bits per heavy atom. The van der Waals surface area contributed by atoms with E-state index in [-0.39, 0.29) is 5.24 Å². The maximum atomic E-state index is 11.5. The van der Waals surface area contributed by atoms with Gasteiger partial charge in [0, 0.05) is 18.8 Å². The van der Waals surface area contributed by atoms with Crippen LogP contribution in [-0.2, 0) is 0 Å². The monoisotopic (exact) mass is 267 g/mol. The van der Waals surface area contributed by atoms with E-state index >= 15 is 0 Å². The molecule has 0 unspecified atom stereocenters. The molecule has 0 atom stereocenters. The fraction of sp³-hybridized carbons (Fsp3) is 0.533. The number of hydrogen-bond acceptors (Lipinski definition) is 2. The zero-order valence-electron chi connectivity index (χ0n) is 11.3. The molecule has 0 saturated carbocycles. The molecule has 0 N–H and O–H groups in total. The summed E-state index contributed by atoms with van der Waals surface area (Å²) in [7, 11) is 0. The SMILES string of the molecule is CCCCN(CCCC)c1ccccc1C(=O)Cl. The number of hydrogen-bond donors (Lipinski definition) is 0. The number of rotatable bonds is 8. The van der Waals surface area contributed by atoms with Crippen LogP contribution in [0.15, 0.2) is 24.3 Å². The van der Waals surface area contributed by atoms with Crippen molar-refractivity contribution in [3.8, 4) is 0 Å². The van der Waals surface area contributed by atoms with E-state index in [0.717, 1.165) is 44.5 Å². The van der Waals surface area contributed by atoms with Gasteiger partial charge < -0.3 is 4.90 Å². The third-order valence-corrected chi connectivity index (χ3v) is 3.22. The molecule has 0 fully saturated rings. The molecule has 3 heteroatoms. The molecule has 0 spiro atoms. The Balaban J connectivity index is 2.92. The summed E-state index contributed by atoms with van der Waals surface area (Å²) >= 11 is 5.65. The minimum Gasteiger partial charge on any atom is -0.371 e. The number of unbranched alkanes of at least 4 members (excludes halogenated alkanes) is 2. The first-order valence-electron chi connectivity index (χ1n) is 6.74. The van der Waals surface area contributed by atoms with Gasteiger partial charge >= 0.3 is 0 Å². The van der Waals surface area contributed by atoms with Crippen LogP contribution in [0.25, 0.3) is 0 Å². The van der Waals surface area contributed by atoms with Crippen molar-refractivity contribution in [2.75, 3.05) is 18.0 Å².